The van der Waals surface area contributed by atoms with E-state index in [0.29, 0.717) is 5.56 Å². The molecule has 0 aliphatic carbocycles. The highest BCUT2D eigenvalue weighted by atomic mass is 16.3. The zero-order valence-electron chi connectivity index (χ0n) is 20.2. The van der Waals surface area contributed by atoms with Gasteiger partial charge in [0, 0.05) is 49.4 Å². The number of nitrogens with one attached hydrogen (secondary N) is 1. The van der Waals surface area contributed by atoms with Crippen LogP contribution >= 0.6 is 0 Å². The highest BCUT2D eigenvalue weighted by Gasteiger charge is 2.38. The quantitative estimate of drug-likeness (QED) is 0.474. The number of aliphatic hydroxyl groups excluding tert-OH is 1. The fourth-order valence-electron chi connectivity index (χ4n) is 5.10. The highest BCUT2D eigenvalue weighted by Crippen LogP contribution is 2.38. The Morgan fingerprint density at radius 2 is 1.49 bits per heavy atom. The molecule has 2 aliphatic heterocycles. The summed E-state index contributed by atoms with van der Waals surface area (Å²) in [6.07, 6.45) is 5.35. The van der Waals surface area contributed by atoms with Crippen LogP contribution in [0.3, 0.4) is 0 Å². The Kier molecular flexibility index (Phi) is 7.64. The summed E-state index contributed by atoms with van der Waals surface area (Å²) >= 11 is 0. The van der Waals surface area contributed by atoms with Gasteiger partial charge in [-0.15, -0.1) is 0 Å². The van der Waals surface area contributed by atoms with E-state index >= 15 is 0 Å². The fourth-order valence-corrected chi connectivity index (χ4v) is 5.10. The van der Waals surface area contributed by atoms with Crippen LogP contribution in [0.1, 0.15) is 52.7 Å². The van der Waals surface area contributed by atoms with Crippen LogP contribution in [-0.4, -0.2) is 71.3 Å². The number of Topliss-reactive ketones (excluding diaryl/α,β-unsaturated/α-hetero) is 1. The Morgan fingerprint density at radius 3 is 1.97 bits per heavy atom. The molecule has 2 aromatic rings. The Bertz CT molecular complexity index is 1110. The van der Waals surface area contributed by atoms with E-state index < -0.39 is 30.2 Å². The second-order valence-electron chi connectivity index (χ2n) is 9.22. The van der Waals surface area contributed by atoms with Crippen molar-refractivity contribution in [1.29, 1.82) is 0 Å². The second kappa shape index (κ2) is 10.9. The molecule has 0 saturated carbocycles. The number of amides is 2. The third-order valence-electron chi connectivity index (χ3n) is 7.07. The molecule has 35 heavy (non-hydrogen) atoms. The normalized spacial score (nSPS) is 19.5. The van der Waals surface area contributed by atoms with E-state index in [1.807, 2.05) is 12.1 Å². The third-order valence-corrected chi connectivity index (χ3v) is 7.07. The molecule has 2 saturated heterocycles. The average molecular weight is 474 g/mol. The SMILES string of the molecule is CNC(=O)C(C(=O)CO)N(C)C(=O)c1ccc(C#Cc2ccc(CN3C4CCC3CC4)cc2)cc1. The lowest BCUT2D eigenvalue weighted by molar-refractivity contribution is -0.135. The van der Waals surface area contributed by atoms with Crippen molar-refractivity contribution < 1.29 is 19.5 Å². The van der Waals surface area contributed by atoms with Crippen molar-refractivity contribution in [2.45, 2.75) is 50.4 Å². The minimum Gasteiger partial charge on any atom is -0.388 e. The first kappa shape index (κ1) is 24.6. The van der Waals surface area contributed by atoms with Crippen LogP contribution in [0.5, 0.6) is 0 Å². The molecule has 0 radical (unpaired) electrons. The maximum Gasteiger partial charge on any atom is 0.254 e. The zero-order chi connectivity index (χ0) is 24.9. The zero-order valence-corrected chi connectivity index (χ0v) is 20.2. The first-order valence-electron chi connectivity index (χ1n) is 12.0. The minimum absolute atomic E-state index is 0.318. The van der Waals surface area contributed by atoms with Crippen LogP contribution in [0.4, 0.5) is 0 Å². The van der Waals surface area contributed by atoms with Gasteiger partial charge in [-0.2, -0.15) is 0 Å². The summed E-state index contributed by atoms with van der Waals surface area (Å²) in [5.74, 6) is 4.38. The number of carbonyl (C=O) groups excluding carboxylic acids is 3. The molecule has 1 atom stereocenters. The number of aliphatic hydroxyl groups is 1. The Hall–Kier alpha value is -3.47. The number of hydrogen-bond acceptors (Lipinski definition) is 5. The van der Waals surface area contributed by atoms with Gasteiger partial charge in [0.05, 0.1) is 0 Å². The van der Waals surface area contributed by atoms with Gasteiger partial charge < -0.3 is 15.3 Å². The van der Waals surface area contributed by atoms with E-state index in [-0.39, 0.29) is 0 Å². The lowest BCUT2D eigenvalue weighted by Crippen LogP contribution is -2.52. The van der Waals surface area contributed by atoms with E-state index in [0.717, 1.165) is 34.7 Å². The third kappa shape index (κ3) is 5.45. The number of benzene rings is 2. The van der Waals surface area contributed by atoms with E-state index in [9.17, 15) is 14.4 Å². The molecule has 1 unspecified atom stereocenters. The number of hydrogen-bond donors (Lipinski definition) is 2. The van der Waals surface area contributed by atoms with Crippen LogP contribution in [0.25, 0.3) is 0 Å². The van der Waals surface area contributed by atoms with Crippen LogP contribution in [0.15, 0.2) is 48.5 Å². The molecule has 2 fully saturated rings. The molecule has 7 nitrogen and oxygen atoms in total. The largest absolute Gasteiger partial charge is 0.388 e. The summed E-state index contributed by atoms with van der Waals surface area (Å²) in [7, 11) is 2.73. The monoisotopic (exact) mass is 473 g/mol. The summed E-state index contributed by atoms with van der Waals surface area (Å²) in [4.78, 5) is 40.5. The maximum absolute atomic E-state index is 12.8. The van der Waals surface area contributed by atoms with Crippen LogP contribution < -0.4 is 5.32 Å². The van der Waals surface area contributed by atoms with Gasteiger partial charge in [0.1, 0.15) is 6.61 Å². The Labute approximate surface area is 206 Å². The molecule has 7 heteroatoms. The van der Waals surface area contributed by atoms with Gasteiger partial charge >= 0.3 is 0 Å². The number of rotatable bonds is 7. The summed E-state index contributed by atoms with van der Waals surface area (Å²) in [5, 5.41) is 11.5. The summed E-state index contributed by atoms with van der Waals surface area (Å²) < 4.78 is 0. The van der Waals surface area contributed by atoms with Crippen molar-refractivity contribution in [1.82, 2.24) is 15.1 Å². The molecular weight excluding hydrogens is 442 g/mol. The first-order valence-corrected chi connectivity index (χ1v) is 12.0. The minimum atomic E-state index is -1.39. The van der Waals surface area contributed by atoms with Crippen molar-refractivity contribution >= 4 is 17.6 Å². The molecule has 2 aromatic carbocycles. The Morgan fingerprint density at radius 1 is 0.971 bits per heavy atom. The molecule has 0 spiro atoms. The predicted molar refractivity (Wildman–Crippen MR) is 132 cm³/mol. The van der Waals surface area contributed by atoms with Gasteiger partial charge in [0.15, 0.2) is 11.8 Å². The van der Waals surface area contributed by atoms with E-state index in [2.05, 4.69) is 34.2 Å². The molecular formula is C28H31N3O4. The molecule has 2 heterocycles. The van der Waals surface area contributed by atoms with Crippen molar-refractivity contribution in [2.24, 2.45) is 0 Å². The van der Waals surface area contributed by atoms with Crippen molar-refractivity contribution in [3.05, 3.63) is 70.8 Å². The van der Waals surface area contributed by atoms with E-state index in [1.54, 1.807) is 24.3 Å². The fraction of sp³-hybridized carbons (Fsp3) is 0.393. The van der Waals surface area contributed by atoms with E-state index in [4.69, 9.17) is 5.11 Å². The number of ketones is 1. The lowest BCUT2D eigenvalue weighted by Gasteiger charge is -2.25. The summed E-state index contributed by atoms with van der Waals surface area (Å²) in [5.41, 5.74) is 3.30. The number of nitrogens with zero attached hydrogens (tertiary/aromatic N) is 2. The Balaban J connectivity index is 1.39. The van der Waals surface area contributed by atoms with Crippen LogP contribution in [0, 0.1) is 11.8 Å². The van der Waals surface area contributed by atoms with Crippen molar-refractivity contribution in [3.63, 3.8) is 0 Å². The number of likely N-dealkylation sites (N-methyl/N-ethyl adjacent to an activating group) is 2. The second-order valence-corrected chi connectivity index (χ2v) is 9.22. The van der Waals surface area contributed by atoms with Crippen molar-refractivity contribution in [3.8, 4) is 11.8 Å². The molecule has 2 amide bonds. The molecule has 4 rings (SSSR count). The van der Waals surface area contributed by atoms with Gasteiger partial charge in [-0.25, -0.2) is 0 Å². The van der Waals surface area contributed by atoms with E-state index in [1.165, 1.54) is 45.3 Å². The first-order chi connectivity index (χ1) is 16.9. The average Bonchev–Trinajstić information content (AvgIpc) is 3.46. The standard InChI is InChI=1S/C28H31N3O4/c1-29-27(34)26(25(33)18-32)30(2)28(35)22-11-9-20(10-12-22)4-3-19-5-7-21(8-6-19)17-31-23-13-14-24(31)16-15-23/h5-12,23-24,26,32H,13-18H2,1-2H3,(H,29,34). The molecule has 2 N–H and O–H groups in total. The maximum atomic E-state index is 12.8. The van der Waals surface area contributed by atoms with Gasteiger partial charge in [-0.3, -0.25) is 19.3 Å². The molecule has 182 valence electrons. The van der Waals surface area contributed by atoms with Crippen LogP contribution in [-0.2, 0) is 16.1 Å². The smallest absolute Gasteiger partial charge is 0.254 e. The summed E-state index contributed by atoms with van der Waals surface area (Å²) in [6, 6.07) is 15.2. The van der Waals surface area contributed by atoms with Gasteiger partial charge in [-0.05, 0) is 67.6 Å². The predicted octanol–water partition coefficient (Wildman–Crippen LogP) is 1.96. The molecule has 2 bridgehead atoms. The molecule has 0 aromatic heterocycles. The summed E-state index contributed by atoms with van der Waals surface area (Å²) in [6.45, 7) is 0.183. The lowest BCUT2D eigenvalue weighted by atomic mass is 10.0. The molecule has 2 aliphatic rings. The number of fused-ring (bicyclic) bond motifs is 2. The number of carbonyl (C=O) groups is 3. The van der Waals surface area contributed by atoms with Gasteiger partial charge in [-0.1, -0.05) is 24.0 Å². The van der Waals surface area contributed by atoms with Gasteiger partial charge in [0.2, 0.25) is 5.91 Å². The van der Waals surface area contributed by atoms with Gasteiger partial charge in [0.25, 0.3) is 5.91 Å². The topological polar surface area (TPSA) is 90.0 Å². The van der Waals surface area contributed by atoms with Crippen molar-refractivity contribution in [2.75, 3.05) is 20.7 Å². The highest BCUT2D eigenvalue weighted by molar-refractivity contribution is 6.10. The van der Waals surface area contributed by atoms with Crippen LogP contribution in [0.2, 0.25) is 0 Å².